The van der Waals surface area contributed by atoms with Gasteiger partial charge in [0.2, 0.25) is 5.91 Å². The van der Waals surface area contributed by atoms with Crippen molar-refractivity contribution < 1.29 is 14.3 Å². The number of primary amides is 1. The number of nitrogens with two attached hydrogens (primary N) is 1. The summed E-state index contributed by atoms with van der Waals surface area (Å²) < 4.78 is 11.1. The second-order valence-electron chi connectivity index (χ2n) is 3.82. The first-order valence-corrected chi connectivity index (χ1v) is 6.40. The van der Waals surface area contributed by atoms with E-state index < -0.39 is 0 Å². The molecule has 0 aromatic heterocycles. The Morgan fingerprint density at radius 3 is 2.76 bits per heavy atom. The van der Waals surface area contributed by atoms with Crippen LogP contribution in [0.15, 0.2) is 23.1 Å². The molecule has 1 amide bonds. The fourth-order valence-electron chi connectivity index (χ4n) is 1.48. The highest BCUT2D eigenvalue weighted by Crippen LogP contribution is 2.35. The number of rotatable bonds is 3. The second kappa shape index (κ2) is 5.31. The minimum Gasteiger partial charge on any atom is -0.490 e. The number of fused-ring (bicyclic) bond motifs is 1. The van der Waals surface area contributed by atoms with E-state index in [9.17, 15) is 4.79 Å². The van der Waals surface area contributed by atoms with Crippen molar-refractivity contribution in [1.29, 1.82) is 0 Å². The minimum atomic E-state index is -0.317. The molecule has 0 saturated carbocycles. The van der Waals surface area contributed by atoms with Crippen LogP contribution in [0.25, 0.3) is 0 Å². The lowest BCUT2D eigenvalue weighted by Crippen LogP contribution is -2.22. The highest BCUT2D eigenvalue weighted by atomic mass is 32.2. The SMILES string of the molecule is C[C@H](Sc1ccc2c(c1)OCCCO2)C(N)=O. The Bertz CT molecular complexity index is 422. The molecule has 1 aromatic carbocycles. The molecule has 0 aliphatic carbocycles. The minimum absolute atomic E-state index is 0.250. The number of hydrogen-bond acceptors (Lipinski definition) is 4. The molecule has 1 aliphatic rings. The average Bonchev–Trinajstić information content (AvgIpc) is 2.53. The van der Waals surface area contributed by atoms with Gasteiger partial charge in [0.1, 0.15) is 0 Å². The summed E-state index contributed by atoms with van der Waals surface area (Å²) in [6.45, 7) is 3.12. The molecule has 4 nitrogen and oxygen atoms in total. The fraction of sp³-hybridized carbons (Fsp3) is 0.417. The molecule has 5 heteroatoms. The van der Waals surface area contributed by atoms with Crippen LogP contribution < -0.4 is 15.2 Å². The van der Waals surface area contributed by atoms with Gasteiger partial charge in [0, 0.05) is 11.3 Å². The van der Waals surface area contributed by atoms with Crippen LogP contribution in [0.4, 0.5) is 0 Å². The van der Waals surface area contributed by atoms with Gasteiger partial charge in [0.25, 0.3) is 0 Å². The Hall–Kier alpha value is -1.36. The van der Waals surface area contributed by atoms with Crippen LogP contribution in [0.5, 0.6) is 11.5 Å². The molecule has 1 atom stereocenters. The zero-order chi connectivity index (χ0) is 12.3. The van der Waals surface area contributed by atoms with Crippen LogP contribution in [0.2, 0.25) is 0 Å². The summed E-state index contributed by atoms with van der Waals surface area (Å²) in [5.41, 5.74) is 5.23. The van der Waals surface area contributed by atoms with Crippen LogP contribution in [0.1, 0.15) is 13.3 Å². The molecule has 92 valence electrons. The molecule has 0 bridgehead atoms. The van der Waals surface area contributed by atoms with Crippen molar-refractivity contribution >= 4 is 17.7 Å². The first-order valence-electron chi connectivity index (χ1n) is 5.52. The molecule has 1 aromatic rings. The van der Waals surface area contributed by atoms with Crippen molar-refractivity contribution in [3.63, 3.8) is 0 Å². The lowest BCUT2D eigenvalue weighted by atomic mass is 10.3. The molecular weight excluding hydrogens is 238 g/mol. The van der Waals surface area contributed by atoms with E-state index in [0.717, 1.165) is 22.8 Å². The van der Waals surface area contributed by atoms with Crippen molar-refractivity contribution in [3.05, 3.63) is 18.2 Å². The number of thioether (sulfide) groups is 1. The largest absolute Gasteiger partial charge is 0.490 e. The summed E-state index contributed by atoms with van der Waals surface area (Å²) in [5.74, 6) is 1.19. The number of ether oxygens (including phenoxy) is 2. The molecule has 0 saturated heterocycles. The van der Waals surface area contributed by atoms with Crippen LogP contribution >= 0.6 is 11.8 Å². The van der Waals surface area contributed by atoms with Crippen molar-refractivity contribution in [3.8, 4) is 11.5 Å². The average molecular weight is 253 g/mol. The molecule has 0 fully saturated rings. The Kier molecular flexibility index (Phi) is 3.78. The number of amides is 1. The first-order chi connectivity index (χ1) is 8.16. The van der Waals surface area contributed by atoms with Crippen LogP contribution in [-0.4, -0.2) is 24.4 Å². The van der Waals surface area contributed by atoms with Crippen LogP contribution in [-0.2, 0) is 4.79 Å². The lowest BCUT2D eigenvalue weighted by Gasteiger charge is -2.11. The number of carbonyl (C=O) groups excluding carboxylic acids is 1. The third-order valence-electron chi connectivity index (χ3n) is 2.43. The normalized spacial score (nSPS) is 16.1. The summed E-state index contributed by atoms with van der Waals surface area (Å²) in [6.07, 6.45) is 0.884. The maximum Gasteiger partial charge on any atom is 0.230 e. The highest BCUT2D eigenvalue weighted by Gasteiger charge is 2.14. The van der Waals surface area contributed by atoms with Gasteiger partial charge in [-0.1, -0.05) is 0 Å². The molecule has 0 spiro atoms. The quantitative estimate of drug-likeness (QED) is 0.835. The van der Waals surface area contributed by atoms with Gasteiger partial charge >= 0.3 is 0 Å². The molecule has 1 aliphatic heterocycles. The molecular formula is C12H15NO3S. The smallest absolute Gasteiger partial charge is 0.230 e. The summed E-state index contributed by atoms with van der Waals surface area (Å²) in [5, 5.41) is -0.250. The van der Waals surface area contributed by atoms with Crippen molar-refractivity contribution in [2.24, 2.45) is 5.73 Å². The zero-order valence-corrected chi connectivity index (χ0v) is 10.5. The summed E-state index contributed by atoms with van der Waals surface area (Å²) >= 11 is 1.42. The van der Waals surface area contributed by atoms with Crippen LogP contribution in [0.3, 0.4) is 0 Å². The van der Waals surface area contributed by atoms with E-state index >= 15 is 0 Å². The number of hydrogen-bond donors (Lipinski definition) is 1. The summed E-state index contributed by atoms with van der Waals surface area (Å²) in [4.78, 5) is 12.0. The predicted molar refractivity (Wildman–Crippen MR) is 66.6 cm³/mol. The lowest BCUT2D eigenvalue weighted by molar-refractivity contribution is -0.117. The number of benzene rings is 1. The Balaban J connectivity index is 2.15. The monoisotopic (exact) mass is 253 g/mol. The Labute approximate surface area is 104 Å². The van der Waals surface area contributed by atoms with Gasteiger partial charge < -0.3 is 15.2 Å². The van der Waals surface area contributed by atoms with Gasteiger partial charge in [-0.15, -0.1) is 11.8 Å². The molecule has 2 N–H and O–H groups in total. The van der Waals surface area contributed by atoms with Gasteiger partial charge in [-0.05, 0) is 25.1 Å². The van der Waals surface area contributed by atoms with Gasteiger partial charge in [-0.25, -0.2) is 0 Å². The van der Waals surface area contributed by atoms with E-state index in [0.29, 0.717) is 13.2 Å². The zero-order valence-electron chi connectivity index (χ0n) is 9.64. The Morgan fingerprint density at radius 1 is 1.35 bits per heavy atom. The number of carbonyl (C=O) groups is 1. The van der Waals surface area contributed by atoms with Gasteiger partial charge in [0.15, 0.2) is 11.5 Å². The molecule has 1 heterocycles. The molecule has 0 unspecified atom stereocenters. The topological polar surface area (TPSA) is 61.6 Å². The van der Waals surface area contributed by atoms with E-state index in [1.807, 2.05) is 18.2 Å². The van der Waals surface area contributed by atoms with E-state index in [-0.39, 0.29) is 11.2 Å². The van der Waals surface area contributed by atoms with Crippen molar-refractivity contribution in [1.82, 2.24) is 0 Å². The Morgan fingerprint density at radius 2 is 2.06 bits per heavy atom. The van der Waals surface area contributed by atoms with E-state index in [1.165, 1.54) is 11.8 Å². The third-order valence-corrected chi connectivity index (χ3v) is 3.54. The van der Waals surface area contributed by atoms with Gasteiger partial charge in [-0.2, -0.15) is 0 Å². The predicted octanol–water partition coefficient (Wildman–Crippen LogP) is 1.81. The van der Waals surface area contributed by atoms with E-state index in [1.54, 1.807) is 6.92 Å². The maximum absolute atomic E-state index is 11.0. The fourth-order valence-corrected chi connectivity index (χ4v) is 2.33. The van der Waals surface area contributed by atoms with Crippen molar-refractivity contribution in [2.75, 3.05) is 13.2 Å². The summed E-state index contributed by atoms with van der Waals surface area (Å²) in [6, 6.07) is 5.68. The molecule has 2 rings (SSSR count). The van der Waals surface area contributed by atoms with Gasteiger partial charge in [0.05, 0.1) is 18.5 Å². The second-order valence-corrected chi connectivity index (χ2v) is 5.24. The standard InChI is InChI=1S/C12H15NO3S/c1-8(12(13)14)17-9-3-4-10-11(7-9)16-6-2-5-15-10/h3-4,7-8H,2,5-6H2,1H3,(H2,13,14)/t8-/m0/s1. The molecule has 0 radical (unpaired) electrons. The highest BCUT2D eigenvalue weighted by molar-refractivity contribution is 8.00. The van der Waals surface area contributed by atoms with Crippen LogP contribution in [0, 0.1) is 0 Å². The van der Waals surface area contributed by atoms with E-state index in [2.05, 4.69) is 0 Å². The molecule has 17 heavy (non-hydrogen) atoms. The first kappa shape index (κ1) is 12.1. The maximum atomic E-state index is 11.0. The summed E-state index contributed by atoms with van der Waals surface area (Å²) in [7, 11) is 0. The van der Waals surface area contributed by atoms with Gasteiger partial charge in [-0.3, -0.25) is 4.79 Å². The van der Waals surface area contributed by atoms with E-state index in [4.69, 9.17) is 15.2 Å². The van der Waals surface area contributed by atoms with Crippen molar-refractivity contribution in [2.45, 2.75) is 23.5 Å². The third kappa shape index (κ3) is 3.06.